The van der Waals surface area contributed by atoms with Crippen LogP contribution in [0.25, 0.3) is 0 Å². The largest absolute Gasteiger partial charge is 0.392 e. The Balaban J connectivity index is 2.08. The first-order valence-electron chi connectivity index (χ1n) is 7.51. The smallest absolute Gasteiger partial charge is 0.0689 e. The molecule has 0 heterocycles. The van der Waals surface area contributed by atoms with Crippen molar-refractivity contribution in [3.63, 3.8) is 0 Å². The predicted molar refractivity (Wildman–Crippen MR) is 85.8 cm³/mol. The van der Waals surface area contributed by atoms with Gasteiger partial charge in [-0.3, -0.25) is 0 Å². The summed E-state index contributed by atoms with van der Waals surface area (Å²) < 4.78 is 0. The Morgan fingerprint density at radius 1 is 0.952 bits per heavy atom. The van der Waals surface area contributed by atoms with Crippen LogP contribution in [0.2, 0.25) is 0 Å². The minimum atomic E-state index is -0.441. The Hall–Kier alpha value is -2.04. The van der Waals surface area contributed by atoms with Crippen LogP contribution < -0.4 is 0 Å². The number of terminal acetylenes is 1. The standard InChI is InChI=1S/C20H20O/c1-2-16-13-14-20(15-19(16)21,17-9-5-3-6-10-17)18-11-7-4-8-12-18/h1,3-12,16,19,21H,13-15H2. The maximum absolute atomic E-state index is 10.5. The van der Waals surface area contributed by atoms with Gasteiger partial charge in [0.1, 0.15) is 0 Å². The number of hydrogen-bond donors (Lipinski definition) is 1. The van der Waals surface area contributed by atoms with Gasteiger partial charge in [0.25, 0.3) is 0 Å². The molecule has 1 aliphatic carbocycles. The van der Waals surface area contributed by atoms with Crippen LogP contribution in [-0.4, -0.2) is 11.2 Å². The zero-order chi connectivity index (χ0) is 14.7. The molecule has 1 heteroatoms. The third-order valence-corrected chi connectivity index (χ3v) is 4.77. The molecule has 3 rings (SSSR count). The lowest BCUT2D eigenvalue weighted by Gasteiger charge is -2.42. The SMILES string of the molecule is C#CC1CCC(c2ccccc2)(c2ccccc2)CC1O. The minimum Gasteiger partial charge on any atom is -0.392 e. The Labute approximate surface area is 126 Å². The molecule has 1 aliphatic rings. The third-order valence-electron chi connectivity index (χ3n) is 4.77. The molecule has 2 unspecified atom stereocenters. The van der Waals surface area contributed by atoms with E-state index < -0.39 is 6.10 Å². The van der Waals surface area contributed by atoms with E-state index in [0.717, 1.165) is 12.8 Å². The van der Waals surface area contributed by atoms with Gasteiger partial charge in [0, 0.05) is 11.3 Å². The second kappa shape index (κ2) is 5.76. The lowest BCUT2D eigenvalue weighted by Crippen LogP contribution is -2.40. The van der Waals surface area contributed by atoms with Crippen LogP contribution >= 0.6 is 0 Å². The van der Waals surface area contributed by atoms with E-state index in [9.17, 15) is 5.11 Å². The van der Waals surface area contributed by atoms with Gasteiger partial charge in [-0.1, -0.05) is 60.7 Å². The summed E-state index contributed by atoms with van der Waals surface area (Å²) in [7, 11) is 0. The van der Waals surface area contributed by atoms with Crippen molar-refractivity contribution in [1.82, 2.24) is 0 Å². The van der Waals surface area contributed by atoms with Gasteiger partial charge in [0.05, 0.1) is 6.10 Å². The molecule has 0 saturated heterocycles. The molecule has 0 aliphatic heterocycles. The molecule has 0 bridgehead atoms. The highest BCUT2D eigenvalue weighted by Gasteiger charge is 2.42. The summed E-state index contributed by atoms with van der Waals surface area (Å²) in [6.45, 7) is 0. The molecule has 1 saturated carbocycles. The van der Waals surface area contributed by atoms with Gasteiger partial charge in [0.2, 0.25) is 0 Å². The normalized spacial score (nSPS) is 24.2. The van der Waals surface area contributed by atoms with E-state index >= 15 is 0 Å². The monoisotopic (exact) mass is 276 g/mol. The molecule has 2 aromatic carbocycles. The van der Waals surface area contributed by atoms with Crippen LogP contribution in [0.3, 0.4) is 0 Å². The molecular weight excluding hydrogens is 256 g/mol. The van der Waals surface area contributed by atoms with Gasteiger partial charge in [-0.15, -0.1) is 12.3 Å². The van der Waals surface area contributed by atoms with Crippen LogP contribution in [0.1, 0.15) is 30.4 Å². The van der Waals surface area contributed by atoms with Crippen LogP contribution in [-0.2, 0) is 5.41 Å². The summed E-state index contributed by atoms with van der Waals surface area (Å²) >= 11 is 0. The lowest BCUT2D eigenvalue weighted by molar-refractivity contribution is 0.0667. The highest BCUT2D eigenvalue weighted by Crippen LogP contribution is 2.46. The van der Waals surface area contributed by atoms with Crippen molar-refractivity contribution in [3.05, 3.63) is 71.8 Å². The molecule has 1 N–H and O–H groups in total. The van der Waals surface area contributed by atoms with Gasteiger partial charge in [-0.2, -0.15) is 0 Å². The van der Waals surface area contributed by atoms with Crippen molar-refractivity contribution in [2.75, 3.05) is 0 Å². The minimum absolute atomic E-state index is 0.0226. The molecule has 0 amide bonds. The third kappa shape index (κ3) is 2.48. The van der Waals surface area contributed by atoms with Crippen molar-refractivity contribution >= 4 is 0 Å². The van der Waals surface area contributed by atoms with Gasteiger partial charge in [-0.05, 0) is 30.4 Å². The summed E-state index contributed by atoms with van der Waals surface area (Å²) in [5.41, 5.74) is 2.41. The van der Waals surface area contributed by atoms with Crippen molar-refractivity contribution in [3.8, 4) is 12.3 Å². The van der Waals surface area contributed by atoms with Gasteiger partial charge >= 0.3 is 0 Å². The maximum atomic E-state index is 10.5. The van der Waals surface area contributed by atoms with E-state index in [1.807, 2.05) is 12.1 Å². The summed E-state index contributed by atoms with van der Waals surface area (Å²) in [6, 6.07) is 21.0. The van der Waals surface area contributed by atoms with E-state index in [4.69, 9.17) is 6.42 Å². The topological polar surface area (TPSA) is 20.2 Å². The Morgan fingerprint density at radius 2 is 1.48 bits per heavy atom. The first-order valence-corrected chi connectivity index (χ1v) is 7.51. The Morgan fingerprint density at radius 3 is 1.90 bits per heavy atom. The molecular formula is C20H20O. The first-order chi connectivity index (χ1) is 10.3. The second-order valence-electron chi connectivity index (χ2n) is 5.90. The molecule has 0 spiro atoms. The van der Waals surface area contributed by atoms with Crippen LogP contribution in [0, 0.1) is 18.3 Å². The van der Waals surface area contributed by atoms with Gasteiger partial charge < -0.3 is 5.11 Å². The lowest BCUT2D eigenvalue weighted by atomic mass is 9.62. The fourth-order valence-electron chi connectivity index (χ4n) is 3.60. The molecule has 21 heavy (non-hydrogen) atoms. The molecule has 1 nitrogen and oxygen atoms in total. The number of rotatable bonds is 2. The fourth-order valence-corrected chi connectivity index (χ4v) is 3.60. The first kappa shape index (κ1) is 13.9. The summed E-state index contributed by atoms with van der Waals surface area (Å²) in [5, 5.41) is 10.5. The highest BCUT2D eigenvalue weighted by atomic mass is 16.3. The summed E-state index contributed by atoms with van der Waals surface area (Å²) in [6.07, 6.45) is 7.64. The van der Waals surface area contributed by atoms with E-state index in [1.54, 1.807) is 0 Å². The Kier molecular flexibility index (Phi) is 3.82. The highest BCUT2D eigenvalue weighted by molar-refractivity contribution is 5.40. The van der Waals surface area contributed by atoms with Crippen LogP contribution in [0.15, 0.2) is 60.7 Å². The molecule has 106 valence electrons. The number of hydrogen-bond acceptors (Lipinski definition) is 1. The maximum Gasteiger partial charge on any atom is 0.0689 e. The van der Waals surface area contributed by atoms with Gasteiger partial charge in [-0.25, -0.2) is 0 Å². The van der Waals surface area contributed by atoms with Crippen molar-refractivity contribution in [2.45, 2.75) is 30.8 Å². The zero-order valence-electron chi connectivity index (χ0n) is 12.1. The second-order valence-corrected chi connectivity index (χ2v) is 5.90. The fraction of sp³-hybridized carbons (Fsp3) is 0.300. The summed E-state index contributed by atoms with van der Waals surface area (Å²) in [4.78, 5) is 0. The van der Waals surface area contributed by atoms with Crippen molar-refractivity contribution in [2.24, 2.45) is 5.92 Å². The molecule has 0 radical (unpaired) electrons. The number of aliphatic hydroxyl groups excluding tert-OH is 1. The number of aliphatic hydroxyl groups is 1. The van der Waals surface area contributed by atoms with E-state index in [0.29, 0.717) is 6.42 Å². The molecule has 2 atom stereocenters. The van der Waals surface area contributed by atoms with Crippen LogP contribution in [0.4, 0.5) is 0 Å². The average molecular weight is 276 g/mol. The van der Waals surface area contributed by atoms with E-state index in [2.05, 4.69) is 54.5 Å². The quantitative estimate of drug-likeness (QED) is 0.828. The molecule has 2 aromatic rings. The average Bonchev–Trinajstić information content (AvgIpc) is 2.56. The van der Waals surface area contributed by atoms with Crippen molar-refractivity contribution in [1.29, 1.82) is 0 Å². The molecule has 1 fully saturated rings. The number of benzene rings is 2. The van der Waals surface area contributed by atoms with Gasteiger partial charge in [0.15, 0.2) is 0 Å². The predicted octanol–water partition coefficient (Wildman–Crippen LogP) is 3.77. The van der Waals surface area contributed by atoms with E-state index in [1.165, 1.54) is 11.1 Å². The van der Waals surface area contributed by atoms with Crippen molar-refractivity contribution < 1.29 is 5.11 Å². The zero-order valence-corrected chi connectivity index (χ0v) is 12.1. The molecule has 0 aromatic heterocycles. The van der Waals surface area contributed by atoms with Crippen LogP contribution in [0.5, 0.6) is 0 Å². The Bertz CT molecular complexity index is 584. The summed E-state index contributed by atoms with van der Waals surface area (Å²) in [5.74, 6) is 2.72. The van der Waals surface area contributed by atoms with E-state index in [-0.39, 0.29) is 11.3 Å².